The summed E-state index contributed by atoms with van der Waals surface area (Å²) in [6, 6.07) is 15.9. The van der Waals surface area contributed by atoms with Crippen LogP contribution in [0.5, 0.6) is 11.5 Å². The maximum atomic E-state index is 10.9. The lowest BCUT2D eigenvalue weighted by Crippen LogP contribution is -2.35. The summed E-state index contributed by atoms with van der Waals surface area (Å²) >= 11 is 0. The van der Waals surface area contributed by atoms with Gasteiger partial charge in [-0.25, -0.2) is 9.59 Å². The number of ether oxygens (including phenoxy) is 4. The molecular weight excluding hydrogens is 664 g/mol. The molecule has 2 aromatic rings. The monoisotopic (exact) mass is 716 g/mol. The highest BCUT2D eigenvalue weighted by molar-refractivity contribution is 7.79. The molecule has 0 aliphatic heterocycles. The molecule has 49 heavy (non-hydrogen) atoms. The summed E-state index contributed by atoms with van der Waals surface area (Å²) in [5, 5.41) is 31.1. The number of benzene rings is 2. The van der Waals surface area contributed by atoms with Crippen molar-refractivity contribution in [3.8, 4) is 11.5 Å². The standard InChI is InChI=1S/2C16H26N2O4.H2O4S/c2*1-12(2)18-10-14(19)11-22-15-6-4-13(5-7-15)8-9-17-16(20)21-3;1-5(2,3)4/h2*4-7,12,14,18-19H,8-11H2,1-3H3,(H,17,20);(H2,1,2,3,4)/p-2. The van der Waals surface area contributed by atoms with Crippen molar-refractivity contribution in [2.45, 2.75) is 64.8 Å². The van der Waals surface area contributed by atoms with Gasteiger partial charge in [0.05, 0.1) is 14.2 Å². The third-order valence-corrected chi connectivity index (χ3v) is 5.99. The molecule has 17 heteroatoms. The van der Waals surface area contributed by atoms with Crippen molar-refractivity contribution in [3.63, 3.8) is 0 Å². The summed E-state index contributed by atoms with van der Waals surface area (Å²) in [5.41, 5.74) is 2.18. The molecule has 2 aromatic carbocycles. The van der Waals surface area contributed by atoms with E-state index in [1.807, 2.05) is 76.2 Å². The molecule has 0 aliphatic rings. The summed E-state index contributed by atoms with van der Waals surface area (Å²) in [4.78, 5) is 21.8. The molecule has 0 aliphatic carbocycles. The smallest absolute Gasteiger partial charge is 0.406 e. The second-order valence-electron chi connectivity index (χ2n) is 11.1. The topological polar surface area (TPSA) is 240 Å². The van der Waals surface area contributed by atoms with Crippen LogP contribution < -0.4 is 30.7 Å². The number of hydrogen-bond donors (Lipinski definition) is 6. The Bertz CT molecular complexity index is 1170. The van der Waals surface area contributed by atoms with E-state index >= 15 is 0 Å². The zero-order valence-electron chi connectivity index (χ0n) is 29.0. The van der Waals surface area contributed by atoms with Crippen LogP contribution >= 0.6 is 0 Å². The summed E-state index contributed by atoms with van der Waals surface area (Å²) in [6.07, 6.45) is -0.488. The average Bonchev–Trinajstić information content (AvgIpc) is 3.05. The lowest BCUT2D eigenvalue weighted by molar-refractivity contribution is 0.104. The molecular formula is C32H52N4O12S-2. The van der Waals surface area contributed by atoms with Gasteiger partial charge in [-0.3, -0.25) is 8.42 Å². The van der Waals surface area contributed by atoms with Crippen molar-refractivity contribution in [2.75, 3.05) is 53.6 Å². The van der Waals surface area contributed by atoms with Gasteiger partial charge in [-0.2, -0.15) is 0 Å². The number of carbonyl (C=O) groups excluding carboxylic acids is 2. The zero-order valence-corrected chi connectivity index (χ0v) is 29.8. The normalized spacial score (nSPS) is 12.0. The Balaban J connectivity index is 0.000000826. The number of aliphatic hydroxyl groups excluding tert-OH is 2. The van der Waals surface area contributed by atoms with Crippen LogP contribution in [-0.2, 0) is 32.7 Å². The van der Waals surface area contributed by atoms with E-state index in [2.05, 4.69) is 30.7 Å². The number of rotatable bonds is 18. The molecule has 16 nitrogen and oxygen atoms in total. The summed E-state index contributed by atoms with van der Waals surface area (Å²) in [7, 11) is -2.49. The zero-order chi connectivity index (χ0) is 37.2. The Kier molecular flexibility index (Phi) is 24.2. The molecule has 0 bridgehead atoms. The van der Waals surface area contributed by atoms with E-state index in [4.69, 9.17) is 27.0 Å². The Morgan fingerprint density at radius 3 is 1.24 bits per heavy atom. The van der Waals surface area contributed by atoms with E-state index in [0.717, 1.165) is 24.0 Å². The molecule has 280 valence electrons. The van der Waals surface area contributed by atoms with Gasteiger partial charge in [0, 0.05) is 48.7 Å². The van der Waals surface area contributed by atoms with Crippen molar-refractivity contribution in [1.29, 1.82) is 0 Å². The van der Waals surface area contributed by atoms with Crippen LogP contribution in [0.4, 0.5) is 9.59 Å². The highest BCUT2D eigenvalue weighted by Gasteiger charge is 2.07. The highest BCUT2D eigenvalue weighted by Crippen LogP contribution is 2.14. The van der Waals surface area contributed by atoms with Crippen molar-refractivity contribution >= 4 is 22.6 Å². The van der Waals surface area contributed by atoms with Crippen LogP contribution in [0, 0.1) is 0 Å². The maximum absolute atomic E-state index is 10.9. The first-order valence-corrected chi connectivity index (χ1v) is 16.9. The van der Waals surface area contributed by atoms with Gasteiger partial charge in [-0.1, -0.05) is 52.0 Å². The summed E-state index contributed by atoms with van der Waals surface area (Å²) in [6.45, 7) is 10.7. The second kappa shape index (κ2) is 26.2. The number of alkyl carbamates (subject to hydrolysis) is 2. The molecule has 2 atom stereocenters. The van der Waals surface area contributed by atoms with Gasteiger partial charge in [0.15, 0.2) is 0 Å². The molecule has 0 fully saturated rings. The predicted octanol–water partition coefficient (Wildman–Crippen LogP) is 1.31. The fourth-order valence-electron chi connectivity index (χ4n) is 3.51. The van der Waals surface area contributed by atoms with E-state index in [1.165, 1.54) is 14.2 Å². The van der Waals surface area contributed by atoms with Gasteiger partial charge in [0.2, 0.25) is 0 Å². The van der Waals surface area contributed by atoms with Crippen molar-refractivity contribution in [3.05, 3.63) is 59.7 Å². The van der Waals surface area contributed by atoms with Crippen LogP contribution in [0.3, 0.4) is 0 Å². The number of nitrogens with one attached hydrogen (secondary N) is 4. The first-order chi connectivity index (χ1) is 23.0. The molecule has 2 unspecified atom stereocenters. The van der Waals surface area contributed by atoms with Crippen LogP contribution in [-0.4, -0.2) is 118 Å². The minimum absolute atomic E-state index is 0.253. The molecule has 0 heterocycles. The molecule has 6 N–H and O–H groups in total. The number of methoxy groups -OCH3 is 2. The molecule has 0 spiro atoms. The number of aliphatic hydroxyl groups is 2. The van der Waals surface area contributed by atoms with Gasteiger partial charge < -0.3 is 59.5 Å². The Labute approximate surface area is 289 Å². The van der Waals surface area contributed by atoms with E-state index in [-0.39, 0.29) is 13.2 Å². The van der Waals surface area contributed by atoms with E-state index < -0.39 is 34.8 Å². The van der Waals surface area contributed by atoms with E-state index in [1.54, 1.807) is 0 Å². The molecule has 0 radical (unpaired) electrons. The van der Waals surface area contributed by atoms with Crippen molar-refractivity contribution in [2.24, 2.45) is 0 Å². The van der Waals surface area contributed by atoms with Gasteiger partial charge >= 0.3 is 12.2 Å². The molecule has 0 saturated carbocycles. The number of amides is 2. The SMILES string of the molecule is COC(=O)NCCc1ccc(OCC(O)CNC(C)C)cc1.COC(=O)NCCc1ccc(OCC(O)CNC(C)C)cc1.O=S(=O)([O-])[O-]. The van der Waals surface area contributed by atoms with Crippen molar-refractivity contribution < 1.29 is 56.3 Å². The Morgan fingerprint density at radius 1 is 0.673 bits per heavy atom. The van der Waals surface area contributed by atoms with Gasteiger partial charge in [-0.15, -0.1) is 0 Å². The largest absolute Gasteiger partial charge is 0.759 e. The molecule has 2 amide bonds. The lowest BCUT2D eigenvalue weighted by Gasteiger charge is -2.15. The van der Waals surface area contributed by atoms with Gasteiger partial charge in [0.1, 0.15) is 36.9 Å². The molecule has 2 rings (SSSR count). The summed E-state index contributed by atoms with van der Waals surface area (Å²) < 4.78 is 54.1. The highest BCUT2D eigenvalue weighted by atomic mass is 32.3. The number of hydrogen-bond acceptors (Lipinski definition) is 14. The number of carbonyl (C=O) groups is 2. The van der Waals surface area contributed by atoms with Crippen LogP contribution in [0.2, 0.25) is 0 Å². The fraction of sp³-hybridized carbons (Fsp3) is 0.562. The lowest BCUT2D eigenvalue weighted by atomic mass is 10.1. The molecule has 0 saturated heterocycles. The van der Waals surface area contributed by atoms with Crippen LogP contribution in [0.1, 0.15) is 38.8 Å². The van der Waals surface area contributed by atoms with Crippen LogP contribution in [0.15, 0.2) is 48.5 Å². The maximum Gasteiger partial charge on any atom is 0.406 e. The van der Waals surface area contributed by atoms with Crippen LogP contribution in [0.25, 0.3) is 0 Å². The first-order valence-electron chi connectivity index (χ1n) is 15.6. The van der Waals surface area contributed by atoms with Crippen molar-refractivity contribution in [1.82, 2.24) is 21.3 Å². The average molecular weight is 717 g/mol. The minimum atomic E-state index is -5.17. The van der Waals surface area contributed by atoms with E-state index in [9.17, 15) is 19.8 Å². The second-order valence-corrected chi connectivity index (χ2v) is 11.9. The Morgan fingerprint density at radius 2 is 0.980 bits per heavy atom. The third kappa shape index (κ3) is 29.0. The van der Waals surface area contributed by atoms with Gasteiger partial charge in [0.25, 0.3) is 0 Å². The predicted molar refractivity (Wildman–Crippen MR) is 181 cm³/mol. The molecule has 0 aromatic heterocycles. The van der Waals surface area contributed by atoms with E-state index in [0.29, 0.717) is 49.8 Å². The van der Waals surface area contributed by atoms with Gasteiger partial charge in [-0.05, 0) is 48.2 Å². The third-order valence-electron chi connectivity index (χ3n) is 5.99. The summed E-state index contributed by atoms with van der Waals surface area (Å²) in [5.74, 6) is 1.43. The first kappa shape index (κ1) is 45.3. The quantitative estimate of drug-likeness (QED) is 0.0942. The minimum Gasteiger partial charge on any atom is -0.759 e. The Hall–Kier alpha value is -3.71. The fourth-order valence-corrected chi connectivity index (χ4v) is 3.51.